The van der Waals surface area contributed by atoms with Crippen LogP contribution in [0.25, 0.3) is 0 Å². The number of esters is 1. The molecule has 0 N–H and O–H groups in total. The summed E-state index contributed by atoms with van der Waals surface area (Å²) >= 11 is 0. The summed E-state index contributed by atoms with van der Waals surface area (Å²) in [6, 6.07) is 10.3. The second kappa shape index (κ2) is 11.2. The highest BCUT2D eigenvalue weighted by atomic mass is 16.5. The second-order valence-electron chi connectivity index (χ2n) is 8.23. The molecule has 2 aromatic carbocycles. The number of hydrogen-bond donors (Lipinski definition) is 0. The summed E-state index contributed by atoms with van der Waals surface area (Å²) in [6.45, 7) is 4.76. The van der Waals surface area contributed by atoms with Gasteiger partial charge in [0.15, 0.2) is 18.1 Å². The van der Waals surface area contributed by atoms with Gasteiger partial charge in [-0.25, -0.2) is 4.79 Å². The monoisotopic (exact) mass is 482 g/mol. The fourth-order valence-corrected chi connectivity index (χ4v) is 4.36. The number of rotatable bonds is 7. The van der Waals surface area contributed by atoms with Gasteiger partial charge in [-0.05, 0) is 55.7 Å². The molecule has 186 valence electrons. The predicted molar refractivity (Wildman–Crippen MR) is 128 cm³/mol. The minimum absolute atomic E-state index is 0.122. The standard InChI is InChI=1S/C26H30N2O7/c1-3-34-23-16-18(9-10-22(23)35-17-24(29)27-12-14-33-15-13-27)25(30)28-11-5-7-19-20(26(31)32-2)6-4-8-21(19)28/h4,6,8-10,16H,3,5,7,11-15,17H2,1-2H3. The highest BCUT2D eigenvalue weighted by molar-refractivity contribution is 6.08. The number of nitrogens with zero attached hydrogens (tertiary/aromatic N) is 2. The Morgan fingerprint density at radius 3 is 2.54 bits per heavy atom. The lowest BCUT2D eigenvalue weighted by Gasteiger charge is -2.30. The average Bonchev–Trinajstić information content (AvgIpc) is 2.91. The van der Waals surface area contributed by atoms with E-state index < -0.39 is 5.97 Å². The van der Waals surface area contributed by atoms with Crippen molar-refractivity contribution in [2.24, 2.45) is 0 Å². The quantitative estimate of drug-likeness (QED) is 0.560. The fraction of sp³-hybridized carbons (Fsp3) is 0.423. The van der Waals surface area contributed by atoms with Crippen molar-refractivity contribution < 1.29 is 33.3 Å². The van der Waals surface area contributed by atoms with E-state index in [0.29, 0.717) is 74.2 Å². The molecule has 0 aromatic heterocycles. The number of morpholine rings is 1. The van der Waals surface area contributed by atoms with E-state index in [-0.39, 0.29) is 18.4 Å². The smallest absolute Gasteiger partial charge is 0.338 e. The summed E-state index contributed by atoms with van der Waals surface area (Å²) in [5.41, 5.74) is 2.42. The highest BCUT2D eigenvalue weighted by Crippen LogP contribution is 2.34. The van der Waals surface area contributed by atoms with E-state index >= 15 is 0 Å². The van der Waals surface area contributed by atoms with Crippen molar-refractivity contribution >= 4 is 23.5 Å². The third-order valence-corrected chi connectivity index (χ3v) is 6.11. The Balaban J connectivity index is 1.53. The van der Waals surface area contributed by atoms with E-state index in [1.54, 1.807) is 40.1 Å². The third kappa shape index (κ3) is 5.40. The minimum atomic E-state index is -0.414. The van der Waals surface area contributed by atoms with Crippen molar-refractivity contribution in [1.29, 1.82) is 0 Å². The van der Waals surface area contributed by atoms with Gasteiger partial charge in [-0.15, -0.1) is 0 Å². The lowest BCUT2D eigenvalue weighted by molar-refractivity contribution is -0.137. The summed E-state index contributed by atoms with van der Waals surface area (Å²) in [5.74, 6) is 0.0562. The van der Waals surface area contributed by atoms with E-state index in [2.05, 4.69) is 0 Å². The van der Waals surface area contributed by atoms with Gasteiger partial charge in [0.05, 0.1) is 32.5 Å². The molecule has 0 atom stereocenters. The van der Waals surface area contributed by atoms with Gasteiger partial charge in [-0.1, -0.05) is 6.07 Å². The van der Waals surface area contributed by atoms with Gasteiger partial charge in [-0.2, -0.15) is 0 Å². The first-order valence-electron chi connectivity index (χ1n) is 11.8. The van der Waals surface area contributed by atoms with Crippen LogP contribution < -0.4 is 14.4 Å². The third-order valence-electron chi connectivity index (χ3n) is 6.11. The van der Waals surface area contributed by atoms with Gasteiger partial charge in [0.2, 0.25) is 0 Å². The summed E-state index contributed by atoms with van der Waals surface area (Å²) in [7, 11) is 1.35. The second-order valence-corrected chi connectivity index (χ2v) is 8.23. The number of benzene rings is 2. The molecule has 1 saturated heterocycles. The molecule has 2 heterocycles. The van der Waals surface area contributed by atoms with Crippen LogP contribution in [0, 0.1) is 0 Å². The number of hydrogen-bond acceptors (Lipinski definition) is 7. The summed E-state index contributed by atoms with van der Waals surface area (Å²) in [4.78, 5) is 41.5. The Morgan fingerprint density at radius 1 is 1.00 bits per heavy atom. The Kier molecular flexibility index (Phi) is 7.87. The first kappa shape index (κ1) is 24.5. The van der Waals surface area contributed by atoms with E-state index in [1.807, 2.05) is 13.0 Å². The van der Waals surface area contributed by atoms with Gasteiger partial charge in [0.25, 0.3) is 11.8 Å². The Morgan fingerprint density at radius 2 is 1.80 bits per heavy atom. The molecule has 0 spiro atoms. The molecule has 0 saturated carbocycles. The van der Waals surface area contributed by atoms with Gasteiger partial charge in [0, 0.05) is 30.9 Å². The van der Waals surface area contributed by atoms with Gasteiger partial charge in [0.1, 0.15) is 0 Å². The van der Waals surface area contributed by atoms with Crippen LogP contribution in [0.1, 0.15) is 39.6 Å². The van der Waals surface area contributed by atoms with Crippen LogP contribution in [0.4, 0.5) is 5.69 Å². The van der Waals surface area contributed by atoms with Crippen molar-refractivity contribution in [3.8, 4) is 11.5 Å². The van der Waals surface area contributed by atoms with E-state index in [4.69, 9.17) is 18.9 Å². The minimum Gasteiger partial charge on any atom is -0.490 e. The molecule has 1 fully saturated rings. The largest absolute Gasteiger partial charge is 0.490 e. The molecule has 0 radical (unpaired) electrons. The van der Waals surface area contributed by atoms with Crippen LogP contribution in [-0.2, 0) is 20.7 Å². The van der Waals surface area contributed by atoms with Crippen LogP contribution in [-0.4, -0.2) is 75.9 Å². The van der Waals surface area contributed by atoms with Crippen molar-refractivity contribution in [3.63, 3.8) is 0 Å². The number of carbonyl (C=O) groups is 3. The predicted octanol–water partition coefficient (Wildman–Crippen LogP) is 2.70. The molecule has 9 heteroatoms. The maximum atomic E-state index is 13.5. The number of methoxy groups -OCH3 is 1. The molecule has 2 aromatic rings. The molecule has 2 aliphatic heterocycles. The number of anilines is 1. The number of ether oxygens (including phenoxy) is 4. The van der Waals surface area contributed by atoms with Crippen LogP contribution in [0.2, 0.25) is 0 Å². The first-order chi connectivity index (χ1) is 17.0. The summed E-state index contributed by atoms with van der Waals surface area (Å²) in [5, 5.41) is 0. The molecule has 2 amide bonds. The molecule has 4 rings (SSSR count). The van der Waals surface area contributed by atoms with Crippen molar-refractivity contribution in [2.75, 3.05) is 58.1 Å². The molecular formula is C26H30N2O7. The van der Waals surface area contributed by atoms with Crippen molar-refractivity contribution in [1.82, 2.24) is 4.90 Å². The molecule has 0 bridgehead atoms. The molecule has 0 aliphatic carbocycles. The number of carbonyl (C=O) groups excluding carboxylic acids is 3. The molecule has 0 unspecified atom stereocenters. The van der Waals surface area contributed by atoms with Gasteiger partial charge in [-0.3, -0.25) is 9.59 Å². The topological polar surface area (TPSA) is 94.6 Å². The maximum absolute atomic E-state index is 13.5. The van der Waals surface area contributed by atoms with Crippen LogP contribution in [0.15, 0.2) is 36.4 Å². The van der Waals surface area contributed by atoms with Crippen LogP contribution in [0.3, 0.4) is 0 Å². The average molecular weight is 483 g/mol. The fourth-order valence-electron chi connectivity index (χ4n) is 4.36. The van der Waals surface area contributed by atoms with Crippen molar-refractivity contribution in [2.45, 2.75) is 19.8 Å². The number of amides is 2. The first-order valence-corrected chi connectivity index (χ1v) is 11.8. The molecule has 2 aliphatic rings. The van der Waals surface area contributed by atoms with E-state index in [1.165, 1.54) is 7.11 Å². The Hall–Kier alpha value is -3.59. The molecule has 35 heavy (non-hydrogen) atoms. The Labute approximate surface area is 204 Å². The zero-order valence-electron chi connectivity index (χ0n) is 20.1. The summed E-state index contributed by atoms with van der Waals surface area (Å²) < 4.78 is 21.7. The van der Waals surface area contributed by atoms with Gasteiger partial charge < -0.3 is 28.7 Å². The van der Waals surface area contributed by atoms with E-state index in [9.17, 15) is 14.4 Å². The van der Waals surface area contributed by atoms with Gasteiger partial charge >= 0.3 is 5.97 Å². The van der Waals surface area contributed by atoms with E-state index in [0.717, 1.165) is 12.0 Å². The zero-order chi connectivity index (χ0) is 24.8. The maximum Gasteiger partial charge on any atom is 0.338 e. The number of fused-ring (bicyclic) bond motifs is 1. The SMILES string of the molecule is CCOc1cc(C(=O)N2CCCc3c(C(=O)OC)cccc32)ccc1OCC(=O)N1CCOCC1. The molecular weight excluding hydrogens is 452 g/mol. The Bertz CT molecular complexity index is 1100. The van der Waals surface area contributed by atoms with Crippen LogP contribution >= 0.6 is 0 Å². The lowest BCUT2D eigenvalue weighted by Crippen LogP contribution is -2.43. The normalized spacial score (nSPS) is 15.3. The zero-order valence-corrected chi connectivity index (χ0v) is 20.1. The highest BCUT2D eigenvalue weighted by Gasteiger charge is 2.28. The molecule has 9 nitrogen and oxygen atoms in total. The van der Waals surface area contributed by atoms with Crippen LogP contribution in [0.5, 0.6) is 11.5 Å². The summed E-state index contributed by atoms with van der Waals surface area (Å²) in [6.07, 6.45) is 1.43. The lowest BCUT2D eigenvalue weighted by atomic mass is 9.95. The van der Waals surface area contributed by atoms with Crippen molar-refractivity contribution in [3.05, 3.63) is 53.1 Å².